The molecule has 1 aromatic rings. The molecular weight excluding hydrogens is 223 g/mol. The van der Waals surface area contributed by atoms with E-state index < -0.39 is 6.10 Å². The number of thioether (sulfide) groups is 1. The van der Waals surface area contributed by atoms with Crippen molar-refractivity contribution in [3.05, 3.63) is 29.1 Å². The second-order valence-corrected chi connectivity index (χ2v) is 5.58. The highest BCUT2D eigenvalue weighted by Crippen LogP contribution is 2.31. The van der Waals surface area contributed by atoms with Gasteiger partial charge < -0.3 is 5.11 Å². The molecular formula is C13H19FOS. The minimum absolute atomic E-state index is 0.246. The average Bonchev–Trinajstić information content (AvgIpc) is 2.18. The Balaban J connectivity index is 3.00. The van der Waals surface area contributed by atoms with Crippen LogP contribution in [0.4, 0.5) is 4.39 Å². The van der Waals surface area contributed by atoms with Gasteiger partial charge in [-0.2, -0.15) is 0 Å². The van der Waals surface area contributed by atoms with Gasteiger partial charge in [-0.1, -0.05) is 13.8 Å². The molecule has 0 aromatic heterocycles. The Morgan fingerprint density at radius 1 is 1.31 bits per heavy atom. The second-order valence-electron chi connectivity index (χ2n) is 4.52. The maximum Gasteiger partial charge on any atom is 0.126 e. The molecule has 1 nitrogen and oxygen atoms in total. The molecule has 0 fully saturated rings. The van der Waals surface area contributed by atoms with E-state index in [-0.39, 0.29) is 5.82 Å². The fourth-order valence-electron chi connectivity index (χ4n) is 1.38. The number of rotatable bonds is 4. The van der Waals surface area contributed by atoms with Crippen LogP contribution < -0.4 is 0 Å². The van der Waals surface area contributed by atoms with Crippen LogP contribution in [0.1, 0.15) is 38.0 Å². The molecule has 0 aliphatic carbocycles. The fraction of sp³-hybridized carbons (Fsp3) is 0.538. The Labute approximate surface area is 101 Å². The van der Waals surface area contributed by atoms with E-state index in [1.807, 2.05) is 6.07 Å². The highest BCUT2D eigenvalue weighted by Gasteiger charge is 2.12. The van der Waals surface area contributed by atoms with Crippen molar-refractivity contribution in [3.63, 3.8) is 0 Å². The Hall–Kier alpha value is -0.540. The van der Waals surface area contributed by atoms with Crippen LogP contribution in [0.5, 0.6) is 0 Å². The van der Waals surface area contributed by atoms with E-state index in [1.54, 1.807) is 25.6 Å². The van der Waals surface area contributed by atoms with Crippen LogP contribution in [0, 0.1) is 18.7 Å². The first-order valence-corrected chi connectivity index (χ1v) is 6.51. The summed E-state index contributed by atoms with van der Waals surface area (Å²) in [6.07, 6.45) is -0.621. The minimum atomic E-state index is -0.621. The van der Waals surface area contributed by atoms with E-state index in [1.165, 1.54) is 6.07 Å². The lowest BCUT2D eigenvalue weighted by Gasteiger charge is -2.14. The molecule has 0 aliphatic heterocycles. The van der Waals surface area contributed by atoms with E-state index in [0.29, 0.717) is 17.0 Å². The van der Waals surface area contributed by atoms with Gasteiger partial charge in [0, 0.05) is 10.6 Å². The highest BCUT2D eigenvalue weighted by molar-refractivity contribution is 7.99. The molecule has 1 N–H and O–H groups in total. The molecule has 3 heteroatoms. The van der Waals surface area contributed by atoms with Crippen molar-refractivity contribution in [2.24, 2.45) is 5.92 Å². The number of benzene rings is 1. The molecule has 0 amide bonds. The summed E-state index contributed by atoms with van der Waals surface area (Å²) in [5.41, 5.74) is 1.32. The molecule has 1 atom stereocenters. The number of aryl methyl sites for hydroxylation is 1. The lowest BCUT2D eigenvalue weighted by molar-refractivity contribution is 0.196. The molecule has 0 bridgehead atoms. The molecule has 0 unspecified atom stereocenters. The normalized spacial score (nSPS) is 13.2. The van der Waals surface area contributed by atoms with Crippen LogP contribution in [-0.4, -0.2) is 10.9 Å². The monoisotopic (exact) mass is 242 g/mol. The van der Waals surface area contributed by atoms with Crippen molar-refractivity contribution in [3.8, 4) is 0 Å². The third-order valence-electron chi connectivity index (χ3n) is 2.31. The summed E-state index contributed by atoms with van der Waals surface area (Å²) in [4.78, 5) is 0.989. The van der Waals surface area contributed by atoms with E-state index in [0.717, 1.165) is 10.6 Å². The standard InChI is InChI=1S/C13H19FOS/c1-8(2)7-16-13-5-9(3)12(14)6-11(13)10(4)15/h5-6,8,10,15H,7H2,1-4H3/t10-/m0/s1. The summed E-state index contributed by atoms with van der Waals surface area (Å²) < 4.78 is 13.4. The molecule has 1 rings (SSSR count). The van der Waals surface area contributed by atoms with Gasteiger partial charge in [0.05, 0.1) is 6.10 Å². The third kappa shape index (κ3) is 3.49. The van der Waals surface area contributed by atoms with Gasteiger partial charge in [-0.05, 0) is 43.0 Å². The van der Waals surface area contributed by atoms with Crippen LogP contribution >= 0.6 is 11.8 Å². The average molecular weight is 242 g/mol. The van der Waals surface area contributed by atoms with Crippen LogP contribution in [0.15, 0.2) is 17.0 Å². The van der Waals surface area contributed by atoms with E-state index in [2.05, 4.69) is 13.8 Å². The molecule has 0 aliphatic rings. The van der Waals surface area contributed by atoms with Gasteiger partial charge in [0.1, 0.15) is 5.82 Å². The Morgan fingerprint density at radius 3 is 2.44 bits per heavy atom. The van der Waals surface area contributed by atoms with E-state index in [4.69, 9.17) is 0 Å². The number of aliphatic hydroxyl groups excluding tert-OH is 1. The second kappa shape index (κ2) is 5.69. The van der Waals surface area contributed by atoms with Gasteiger partial charge in [0.2, 0.25) is 0 Å². The first-order valence-electron chi connectivity index (χ1n) is 5.52. The van der Waals surface area contributed by atoms with Crippen molar-refractivity contribution in [1.29, 1.82) is 0 Å². The minimum Gasteiger partial charge on any atom is -0.389 e. The van der Waals surface area contributed by atoms with Crippen LogP contribution in [-0.2, 0) is 0 Å². The lowest BCUT2D eigenvalue weighted by atomic mass is 10.1. The Morgan fingerprint density at radius 2 is 1.94 bits per heavy atom. The predicted molar refractivity (Wildman–Crippen MR) is 67.3 cm³/mol. The number of hydrogen-bond donors (Lipinski definition) is 1. The molecule has 16 heavy (non-hydrogen) atoms. The zero-order chi connectivity index (χ0) is 12.3. The highest BCUT2D eigenvalue weighted by atomic mass is 32.2. The third-order valence-corrected chi connectivity index (χ3v) is 3.81. The zero-order valence-corrected chi connectivity index (χ0v) is 11.1. The SMILES string of the molecule is Cc1cc(SCC(C)C)c([C@H](C)O)cc1F. The van der Waals surface area contributed by atoms with Crippen molar-refractivity contribution < 1.29 is 9.50 Å². The van der Waals surface area contributed by atoms with Gasteiger partial charge in [0.15, 0.2) is 0 Å². The molecule has 1 aromatic carbocycles. The van der Waals surface area contributed by atoms with Crippen LogP contribution in [0.25, 0.3) is 0 Å². The topological polar surface area (TPSA) is 20.2 Å². The Kier molecular flexibility index (Phi) is 4.81. The largest absolute Gasteiger partial charge is 0.389 e. The molecule has 0 saturated carbocycles. The number of halogens is 1. The van der Waals surface area contributed by atoms with Gasteiger partial charge in [-0.3, -0.25) is 0 Å². The van der Waals surface area contributed by atoms with E-state index >= 15 is 0 Å². The Bertz CT molecular complexity index is 361. The summed E-state index contributed by atoms with van der Waals surface area (Å²) in [5, 5.41) is 9.61. The molecule has 0 radical (unpaired) electrons. The smallest absolute Gasteiger partial charge is 0.126 e. The molecule has 0 heterocycles. The number of hydrogen-bond acceptors (Lipinski definition) is 2. The zero-order valence-electron chi connectivity index (χ0n) is 10.2. The first kappa shape index (κ1) is 13.5. The fourth-order valence-corrected chi connectivity index (χ4v) is 2.55. The van der Waals surface area contributed by atoms with Crippen molar-refractivity contribution in [1.82, 2.24) is 0 Å². The summed E-state index contributed by atoms with van der Waals surface area (Å²) in [6.45, 7) is 7.71. The summed E-state index contributed by atoms with van der Waals surface area (Å²) >= 11 is 1.68. The molecule has 0 saturated heterocycles. The maximum atomic E-state index is 13.4. The van der Waals surface area contributed by atoms with Crippen LogP contribution in [0.3, 0.4) is 0 Å². The summed E-state index contributed by atoms with van der Waals surface area (Å²) in [7, 11) is 0. The van der Waals surface area contributed by atoms with Crippen molar-refractivity contribution in [2.75, 3.05) is 5.75 Å². The van der Waals surface area contributed by atoms with Gasteiger partial charge >= 0.3 is 0 Å². The predicted octanol–water partition coefficient (Wildman–Crippen LogP) is 3.94. The first-order chi connectivity index (χ1) is 7.41. The van der Waals surface area contributed by atoms with Crippen molar-refractivity contribution >= 4 is 11.8 Å². The molecule has 0 spiro atoms. The summed E-state index contributed by atoms with van der Waals surface area (Å²) in [5.74, 6) is 1.31. The quantitative estimate of drug-likeness (QED) is 0.807. The number of aliphatic hydroxyl groups is 1. The van der Waals surface area contributed by atoms with Gasteiger partial charge in [0.25, 0.3) is 0 Å². The van der Waals surface area contributed by atoms with Crippen LogP contribution in [0.2, 0.25) is 0 Å². The van der Waals surface area contributed by atoms with E-state index in [9.17, 15) is 9.50 Å². The van der Waals surface area contributed by atoms with Crippen molar-refractivity contribution in [2.45, 2.75) is 38.7 Å². The maximum absolute atomic E-state index is 13.4. The van der Waals surface area contributed by atoms with Gasteiger partial charge in [-0.15, -0.1) is 11.8 Å². The van der Waals surface area contributed by atoms with Gasteiger partial charge in [-0.25, -0.2) is 4.39 Å². The molecule has 90 valence electrons. The lowest BCUT2D eigenvalue weighted by Crippen LogP contribution is -1.99. The summed E-state index contributed by atoms with van der Waals surface area (Å²) in [6, 6.07) is 3.27.